The molecule has 0 aliphatic heterocycles. The summed E-state index contributed by atoms with van der Waals surface area (Å²) in [5.41, 5.74) is 2.74. The maximum absolute atomic E-state index is 9.16. The summed E-state index contributed by atoms with van der Waals surface area (Å²) in [4.78, 5) is 0. The third kappa shape index (κ3) is 9.67. The summed E-state index contributed by atoms with van der Waals surface area (Å²) in [5, 5.41) is 0. The first kappa shape index (κ1) is 12.8. The van der Waals surface area contributed by atoms with Crippen LogP contribution in [0.15, 0.2) is 24.3 Å². The standard InChI is InChI=1S/C8H10.Cl2O2S/c1-7-5-3-4-6-8(7)2;1-5(2,3)4/h3-6H,1-2H3;. The fourth-order valence-electron chi connectivity index (χ4n) is 0.663. The molecule has 0 aliphatic carbocycles. The number of benzene rings is 1. The predicted octanol–water partition coefficient (Wildman–Crippen LogP) is 3.01. The Bertz CT molecular complexity index is 331. The fourth-order valence-corrected chi connectivity index (χ4v) is 0.663. The molecule has 1 aromatic rings. The van der Waals surface area contributed by atoms with Crippen molar-refractivity contribution in [3.63, 3.8) is 0 Å². The van der Waals surface area contributed by atoms with Gasteiger partial charge in [0.05, 0.1) is 0 Å². The quantitative estimate of drug-likeness (QED) is 0.654. The number of hydrogen-bond donors (Lipinski definition) is 0. The lowest BCUT2D eigenvalue weighted by Crippen LogP contribution is -1.74. The Labute approximate surface area is 87.4 Å². The Kier molecular flexibility index (Phi) is 5.37. The van der Waals surface area contributed by atoms with Crippen LogP contribution < -0.4 is 0 Å². The Balaban J connectivity index is 0.000000252. The third-order valence-corrected chi connectivity index (χ3v) is 1.43. The highest BCUT2D eigenvalue weighted by atomic mass is 36.0. The average molecular weight is 241 g/mol. The lowest BCUT2D eigenvalue weighted by Gasteiger charge is -1.93. The summed E-state index contributed by atoms with van der Waals surface area (Å²) in [6, 6.07) is 8.36. The van der Waals surface area contributed by atoms with Crippen LogP contribution in [0.5, 0.6) is 0 Å². The average Bonchev–Trinajstić information content (AvgIpc) is 1.92. The predicted molar refractivity (Wildman–Crippen MR) is 56.5 cm³/mol. The van der Waals surface area contributed by atoms with Gasteiger partial charge < -0.3 is 0 Å². The molecule has 0 N–H and O–H groups in total. The summed E-state index contributed by atoms with van der Waals surface area (Å²) in [5.74, 6) is 0. The van der Waals surface area contributed by atoms with E-state index < -0.39 is 8.26 Å². The molecule has 1 rings (SSSR count). The molecule has 2 nitrogen and oxygen atoms in total. The molecule has 0 atom stereocenters. The lowest BCUT2D eigenvalue weighted by molar-refractivity contribution is 0.621. The molecule has 0 unspecified atom stereocenters. The lowest BCUT2D eigenvalue weighted by atomic mass is 10.1. The van der Waals surface area contributed by atoms with E-state index in [1.165, 1.54) is 11.1 Å². The van der Waals surface area contributed by atoms with Crippen molar-refractivity contribution in [3.8, 4) is 0 Å². The van der Waals surface area contributed by atoms with Crippen LogP contribution in [0.1, 0.15) is 11.1 Å². The molecule has 0 saturated heterocycles. The van der Waals surface area contributed by atoms with Gasteiger partial charge >= 0.3 is 8.26 Å². The molecule has 13 heavy (non-hydrogen) atoms. The minimum atomic E-state index is -3.72. The molecular formula is C8H10Cl2O2S. The number of rotatable bonds is 0. The van der Waals surface area contributed by atoms with Gasteiger partial charge in [0.15, 0.2) is 0 Å². The van der Waals surface area contributed by atoms with Crippen LogP contribution in [-0.2, 0) is 8.26 Å². The van der Waals surface area contributed by atoms with Gasteiger partial charge in [-0.3, -0.25) is 0 Å². The topological polar surface area (TPSA) is 34.1 Å². The maximum Gasteiger partial charge on any atom is 0.317 e. The maximum atomic E-state index is 9.16. The van der Waals surface area contributed by atoms with Crippen molar-refractivity contribution in [2.24, 2.45) is 0 Å². The van der Waals surface area contributed by atoms with Crippen LogP contribution in [0.25, 0.3) is 0 Å². The van der Waals surface area contributed by atoms with E-state index in [-0.39, 0.29) is 0 Å². The summed E-state index contributed by atoms with van der Waals surface area (Å²) in [6.07, 6.45) is 0. The zero-order valence-electron chi connectivity index (χ0n) is 7.29. The van der Waals surface area contributed by atoms with Gasteiger partial charge in [-0.1, -0.05) is 24.3 Å². The van der Waals surface area contributed by atoms with Gasteiger partial charge in [-0.25, -0.2) is 0 Å². The summed E-state index contributed by atoms with van der Waals surface area (Å²) >= 11 is 0. The van der Waals surface area contributed by atoms with Crippen LogP contribution in [-0.4, -0.2) is 8.42 Å². The molecule has 0 radical (unpaired) electrons. The Morgan fingerprint density at radius 2 is 1.23 bits per heavy atom. The number of aryl methyl sites for hydroxylation is 2. The molecule has 1 aromatic carbocycles. The molecule has 0 spiro atoms. The zero-order chi connectivity index (χ0) is 10.5. The van der Waals surface area contributed by atoms with Gasteiger partial charge in [0, 0.05) is 21.4 Å². The van der Waals surface area contributed by atoms with Crippen molar-refractivity contribution in [1.82, 2.24) is 0 Å². The molecular weight excluding hydrogens is 231 g/mol. The van der Waals surface area contributed by atoms with E-state index in [2.05, 4.69) is 59.5 Å². The van der Waals surface area contributed by atoms with Gasteiger partial charge in [-0.2, -0.15) is 8.42 Å². The van der Waals surface area contributed by atoms with E-state index in [4.69, 9.17) is 8.42 Å². The first-order valence-corrected chi connectivity index (χ1v) is 6.60. The fraction of sp³-hybridized carbons (Fsp3) is 0.250. The highest BCUT2D eigenvalue weighted by Gasteiger charge is 1.88. The Morgan fingerprint density at radius 1 is 1.00 bits per heavy atom. The molecule has 0 heterocycles. The third-order valence-electron chi connectivity index (χ3n) is 1.43. The molecule has 5 heteroatoms. The Morgan fingerprint density at radius 3 is 1.38 bits per heavy atom. The zero-order valence-corrected chi connectivity index (χ0v) is 9.62. The molecule has 0 bridgehead atoms. The van der Waals surface area contributed by atoms with Crippen molar-refractivity contribution in [1.29, 1.82) is 0 Å². The van der Waals surface area contributed by atoms with E-state index >= 15 is 0 Å². The van der Waals surface area contributed by atoms with Gasteiger partial charge in [0.1, 0.15) is 0 Å². The molecule has 0 fully saturated rings. The second-order valence-corrected chi connectivity index (χ2v) is 6.13. The van der Waals surface area contributed by atoms with E-state index in [0.29, 0.717) is 0 Å². The highest BCUT2D eigenvalue weighted by molar-refractivity contribution is 8.31. The highest BCUT2D eigenvalue weighted by Crippen LogP contribution is 2.02. The first-order valence-electron chi connectivity index (χ1n) is 3.47. The summed E-state index contributed by atoms with van der Waals surface area (Å²) in [7, 11) is 4.81. The van der Waals surface area contributed by atoms with Crippen LogP contribution in [0, 0.1) is 13.8 Å². The molecule has 0 saturated carbocycles. The smallest absolute Gasteiger partial charge is 0.195 e. The summed E-state index contributed by atoms with van der Waals surface area (Å²) in [6.45, 7) is 4.24. The van der Waals surface area contributed by atoms with Crippen molar-refractivity contribution >= 4 is 29.6 Å². The number of halogens is 2. The molecule has 0 aliphatic rings. The van der Waals surface area contributed by atoms with Crippen LogP contribution in [0.3, 0.4) is 0 Å². The largest absolute Gasteiger partial charge is 0.317 e. The van der Waals surface area contributed by atoms with Gasteiger partial charge in [-0.15, -0.1) is 0 Å². The molecule has 0 aromatic heterocycles. The normalized spacial score (nSPS) is 10.2. The molecule has 0 amide bonds. The van der Waals surface area contributed by atoms with Crippen molar-refractivity contribution < 1.29 is 8.42 Å². The SMILES string of the molecule is Cc1ccccc1C.O=S(=O)(Cl)Cl. The second kappa shape index (κ2) is 5.47. The van der Waals surface area contributed by atoms with Gasteiger partial charge in [0.2, 0.25) is 0 Å². The second-order valence-electron chi connectivity index (χ2n) is 2.46. The van der Waals surface area contributed by atoms with Crippen molar-refractivity contribution in [2.45, 2.75) is 13.8 Å². The minimum Gasteiger partial charge on any atom is -0.195 e. The van der Waals surface area contributed by atoms with E-state index in [9.17, 15) is 0 Å². The summed E-state index contributed by atoms with van der Waals surface area (Å²) < 4.78 is 18.3. The van der Waals surface area contributed by atoms with E-state index in [1.54, 1.807) is 0 Å². The molecule has 74 valence electrons. The van der Waals surface area contributed by atoms with E-state index in [0.717, 1.165) is 0 Å². The van der Waals surface area contributed by atoms with Crippen molar-refractivity contribution in [3.05, 3.63) is 35.4 Å². The first-order chi connectivity index (χ1) is 5.80. The van der Waals surface area contributed by atoms with Crippen molar-refractivity contribution in [2.75, 3.05) is 0 Å². The van der Waals surface area contributed by atoms with Gasteiger partial charge in [0.25, 0.3) is 0 Å². The van der Waals surface area contributed by atoms with Crippen LogP contribution >= 0.6 is 21.4 Å². The number of hydrogen-bond acceptors (Lipinski definition) is 2. The minimum absolute atomic E-state index is 1.37. The van der Waals surface area contributed by atoms with Crippen LogP contribution in [0.2, 0.25) is 0 Å². The van der Waals surface area contributed by atoms with E-state index in [1.807, 2.05) is 0 Å². The van der Waals surface area contributed by atoms with Gasteiger partial charge in [-0.05, 0) is 25.0 Å². The van der Waals surface area contributed by atoms with Crippen LogP contribution in [0.4, 0.5) is 0 Å². The monoisotopic (exact) mass is 240 g/mol. The Hall–Kier alpha value is -0.250.